The van der Waals surface area contributed by atoms with Crippen LogP contribution in [0.2, 0.25) is 0 Å². The number of halogens is 1. The number of hydrogen-bond acceptors (Lipinski definition) is 2. The van der Waals surface area contributed by atoms with Crippen LogP contribution < -0.4 is 4.74 Å². The Morgan fingerprint density at radius 2 is 2.00 bits per heavy atom. The largest absolute Gasteiger partial charge is 0.489 e. The van der Waals surface area contributed by atoms with Gasteiger partial charge in [-0.2, -0.15) is 0 Å². The summed E-state index contributed by atoms with van der Waals surface area (Å²) in [6, 6.07) is 16.0. The zero-order valence-electron chi connectivity index (χ0n) is 13.9. The first kappa shape index (κ1) is 17.0. The van der Waals surface area contributed by atoms with E-state index in [-0.39, 0.29) is 5.91 Å². The molecule has 3 rings (SSSR count). The lowest BCUT2D eigenvalue weighted by atomic mass is 10.0. The molecule has 4 heteroatoms. The van der Waals surface area contributed by atoms with E-state index in [2.05, 4.69) is 22.9 Å². The van der Waals surface area contributed by atoms with Crippen molar-refractivity contribution in [2.75, 3.05) is 6.54 Å². The van der Waals surface area contributed by atoms with Crippen LogP contribution in [0.25, 0.3) is 0 Å². The lowest BCUT2D eigenvalue weighted by Crippen LogP contribution is -2.42. The summed E-state index contributed by atoms with van der Waals surface area (Å²) in [6.07, 6.45) is 3.38. The van der Waals surface area contributed by atoms with Gasteiger partial charge in [0.15, 0.2) is 0 Å². The number of carbonyl (C=O) groups is 1. The van der Waals surface area contributed by atoms with Crippen LogP contribution in [0.5, 0.6) is 5.75 Å². The molecule has 1 fully saturated rings. The predicted molar refractivity (Wildman–Crippen MR) is 99.3 cm³/mol. The number of likely N-dealkylation sites (tertiary alicyclic amines) is 1. The van der Waals surface area contributed by atoms with Crippen LogP contribution in [-0.4, -0.2) is 23.4 Å². The van der Waals surface area contributed by atoms with Gasteiger partial charge in [-0.25, -0.2) is 0 Å². The maximum Gasteiger partial charge on any atom is 0.255 e. The second-order valence-electron chi connectivity index (χ2n) is 6.26. The molecule has 0 aliphatic carbocycles. The molecule has 0 N–H and O–H groups in total. The Hall–Kier alpha value is -1.81. The molecule has 1 aliphatic heterocycles. The molecule has 126 valence electrons. The Balaban J connectivity index is 1.69. The Kier molecular flexibility index (Phi) is 5.56. The number of rotatable bonds is 4. The fraction of sp³-hybridized carbons (Fsp3) is 0.350. The lowest BCUT2D eigenvalue weighted by molar-refractivity contribution is 0.0634. The second-order valence-corrected chi connectivity index (χ2v) is 7.11. The summed E-state index contributed by atoms with van der Waals surface area (Å²) in [5.74, 6) is 0.859. The van der Waals surface area contributed by atoms with Crippen molar-refractivity contribution in [2.24, 2.45) is 0 Å². The molecule has 2 aromatic carbocycles. The minimum atomic E-state index is 0.101. The molecular weight excluding hydrogens is 366 g/mol. The quantitative estimate of drug-likeness (QED) is 0.734. The molecule has 1 unspecified atom stereocenters. The Labute approximate surface area is 151 Å². The topological polar surface area (TPSA) is 29.5 Å². The summed E-state index contributed by atoms with van der Waals surface area (Å²) in [5.41, 5.74) is 1.83. The number of piperidine rings is 1. The highest BCUT2D eigenvalue weighted by molar-refractivity contribution is 9.10. The summed E-state index contributed by atoms with van der Waals surface area (Å²) in [7, 11) is 0. The lowest BCUT2D eigenvalue weighted by Gasteiger charge is -2.33. The number of hydrogen-bond donors (Lipinski definition) is 0. The van der Waals surface area contributed by atoms with Gasteiger partial charge < -0.3 is 9.64 Å². The van der Waals surface area contributed by atoms with E-state index in [0.29, 0.717) is 18.2 Å². The minimum absolute atomic E-state index is 0.101. The molecule has 24 heavy (non-hydrogen) atoms. The van der Waals surface area contributed by atoms with Gasteiger partial charge in [-0.1, -0.05) is 30.3 Å². The van der Waals surface area contributed by atoms with E-state index in [9.17, 15) is 4.79 Å². The molecule has 0 bridgehead atoms. The first-order chi connectivity index (χ1) is 11.6. The number of amides is 1. The molecule has 1 amide bonds. The van der Waals surface area contributed by atoms with Gasteiger partial charge in [0.1, 0.15) is 12.4 Å². The normalized spacial score (nSPS) is 17.6. The minimum Gasteiger partial charge on any atom is -0.489 e. The number of carbonyl (C=O) groups excluding carboxylic acids is 1. The molecule has 0 saturated carbocycles. The zero-order chi connectivity index (χ0) is 16.9. The van der Waals surface area contributed by atoms with Gasteiger partial charge in [-0.05, 0) is 65.9 Å². The first-order valence-corrected chi connectivity index (χ1v) is 9.21. The van der Waals surface area contributed by atoms with E-state index >= 15 is 0 Å². The van der Waals surface area contributed by atoms with Crippen LogP contribution in [0.4, 0.5) is 0 Å². The van der Waals surface area contributed by atoms with Crippen molar-refractivity contribution in [3.05, 3.63) is 64.1 Å². The van der Waals surface area contributed by atoms with Crippen LogP contribution in [0.15, 0.2) is 53.0 Å². The van der Waals surface area contributed by atoms with Crippen LogP contribution in [-0.2, 0) is 6.61 Å². The second kappa shape index (κ2) is 7.84. The highest BCUT2D eigenvalue weighted by Gasteiger charge is 2.25. The average Bonchev–Trinajstić information content (AvgIpc) is 2.61. The highest BCUT2D eigenvalue weighted by Crippen LogP contribution is 2.27. The van der Waals surface area contributed by atoms with Gasteiger partial charge >= 0.3 is 0 Å². The fourth-order valence-electron chi connectivity index (χ4n) is 3.05. The third kappa shape index (κ3) is 3.99. The smallest absolute Gasteiger partial charge is 0.255 e. The molecule has 1 heterocycles. The van der Waals surface area contributed by atoms with Gasteiger partial charge in [0.05, 0.1) is 5.56 Å². The third-order valence-electron chi connectivity index (χ3n) is 4.48. The van der Waals surface area contributed by atoms with E-state index in [4.69, 9.17) is 4.74 Å². The van der Waals surface area contributed by atoms with Crippen molar-refractivity contribution in [1.29, 1.82) is 0 Å². The fourth-order valence-corrected chi connectivity index (χ4v) is 3.58. The van der Waals surface area contributed by atoms with Crippen LogP contribution in [0.1, 0.15) is 42.1 Å². The summed E-state index contributed by atoms with van der Waals surface area (Å²) in [4.78, 5) is 14.8. The monoisotopic (exact) mass is 387 g/mol. The third-order valence-corrected chi connectivity index (χ3v) is 5.14. The van der Waals surface area contributed by atoms with Crippen LogP contribution in [0.3, 0.4) is 0 Å². The van der Waals surface area contributed by atoms with Gasteiger partial charge in [-0.15, -0.1) is 0 Å². The van der Waals surface area contributed by atoms with E-state index in [1.54, 1.807) is 0 Å². The van der Waals surface area contributed by atoms with E-state index < -0.39 is 0 Å². The summed E-state index contributed by atoms with van der Waals surface area (Å²) < 4.78 is 6.61. The molecule has 1 atom stereocenters. The van der Waals surface area contributed by atoms with E-state index in [1.807, 2.05) is 53.4 Å². The van der Waals surface area contributed by atoms with Crippen LogP contribution >= 0.6 is 15.9 Å². The Morgan fingerprint density at radius 1 is 1.21 bits per heavy atom. The molecule has 0 radical (unpaired) electrons. The van der Waals surface area contributed by atoms with Gasteiger partial charge in [0, 0.05) is 17.1 Å². The van der Waals surface area contributed by atoms with Crippen LogP contribution in [0, 0.1) is 0 Å². The number of ether oxygens (including phenoxy) is 1. The Bertz CT molecular complexity index is 702. The van der Waals surface area contributed by atoms with Crippen molar-refractivity contribution in [1.82, 2.24) is 4.90 Å². The van der Waals surface area contributed by atoms with Gasteiger partial charge in [-0.3, -0.25) is 4.79 Å². The number of benzene rings is 2. The zero-order valence-corrected chi connectivity index (χ0v) is 15.5. The summed E-state index contributed by atoms with van der Waals surface area (Å²) in [5, 5.41) is 0. The maximum atomic E-state index is 12.8. The van der Waals surface area contributed by atoms with E-state index in [0.717, 1.165) is 35.2 Å². The van der Waals surface area contributed by atoms with Gasteiger partial charge in [0.2, 0.25) is 0 Å². The van der Waals surface area contributed by atoms with Crippen molar-refractivity contribution in [2.45, 2.75) is 38.8 Å². The van der Waals surface area contributed by atoms with Crippen molar-refractivity contribution < 1.29 is 9.53 Å². The summed E-state index contributed by atoms with van der Waals surface area (Å²) in [6.45, 7) is 3.49. The standard InChI is InChI=1S/C20H22BrNO2/c1-15-7-5-6-12-22(15)20(23)18-11-10-17(13-19(18)21)24-14-16-8-3-2-4-9-16/h2-4,8-11,13,15H,5-7,12,14H2,1H3. The van der Waals surface area contributed by atoms with E-state index in [1.165, 1.54) is 6.42 Å². The predicted octanol–water partition coefficient (Wildman–Crippen LogP) is 5.04. The van der Waals surface area contributed by atoms with Crippen molar-refractivity contribution >= 4 is 21.8 Å². The molecular formula is C20H22BrNO2. The molecule has 0 aromatic heterocycles. The van der Waals surface area contributed by atoms with Crippen molar-refractivity contribution in [3.8, 4) is 5.75 Å². The highest BCUT2D eigenvalue weighted by atomic mass is 79.9. The molecule has 2 aromatic rings. The molecule has 1 aliphatic rings. The summed E-state index contributed by atoms with van der Waals surface area (Å²) >= 11 is 3.53. The maximum absolute atomic E-state index is 12.8. The first-order valence-electron chi connectivity index (χ1n) is 8.42. The Morgan fingerprint density at radius 3 is 2.71 bits per heavy atom. The SMILES string of the molecule is CC1CCCCN1C(=O)c1ccc(OCc2ccccc2)cc1Br. The molecule has 3 nitrogen and oxygen atoms in total. The van der Waals surface area contributed by atoms with Gasteiger partial charge in [0.25, 0.3) is 5.91 Å². The van der Waals surface area contributed by atoms with Crippen molar-refractivity contribution in [3.63, 3.8) is 0 Å². The molecule has 1 saturated heterocycles. The molecule has 0 spiro atoms. The average molecular weight is 388 g/mol. The number of nitrogens with zero attached hydrogens (tertiary/aromatic N) is 1.